The zero-order valence-corrected chi connectivity index (χ0v) is 9.70. The largest absolute Gasteiger partial charge is 0.234 e. The van der Waals surface area contributed by atoms with E-state index in [1.807, 2.05) is 22.6 Å². The molecule has 0 N–H and O–H groups in total. The van der Waals surface area contributed by atoms with Gasteiger partial charge in [-0.15, -0.1) is 0 Å². The second-order valence-corrected chi connectivity index (χ2v) is 3.98. The lowest BCUT2D eigenvalue weighted by Gasteiger charge is -1.97. The van der Waals surface area contributed by atoms with Gasteiger partial charge in [-0.3, -0.25) is 0 Å². The molecule has 0 saturated carbocycles. The summed E-state index contributed by atoms with van der Waals surface area (Å²) in [6.45, 7) is 0. The van der Waals surface area contributed by atoms with E-state index in [0.717, 1.165) is 6.20 Å². The normalized spacial score (nSPS) is 10.5. The number of pyridine rings is 1. The van der Waals surface area contributed by atoms with E-state index in [0.29, 0.717) is 14.5 Å². The molecule has 0 saturated heterocycles. The van der Waals surface area contributed by atoms with E-state index in [2.05, 4.69) is 10.1 Å². The van der Waals surface area contributed by atoms with Crippen LogP contribution in [0.4, 0.5) is 4.39 Å². The molecule has 0 spiro atoms. The fraction of sp³-hybridized carbons (Fsp3) is 0. The molecule has 6 heteroatoms. The van der Waals surface area contributed by atoms with Crippen molar-refractivity contribution in [1.82, 2.24) is 14.8 Å². The van der Waals surface area contributed by atoms with Crippen LogP contribution in [0.3, 0.4) is 0 Å². The molecule has 0 atom stereocenters. The van der Waals surface area contributed by atoms with Gasteiger partial charge >= 0.3 is 0 Å². The molecule has 0 unspecified atom stereocenters. The van der Waals surface area contributed by atoms with Crippen molar-refractivity contribution in [3.8, 4) is 5.82 Å². The van der Waals surface area contributed by atoms with E-state index in [4.69, 9.17) is 11.6 Å². The molecule has 72 valence electrons. The molecule has 0 fully saturated rings. The van der Waals surface area contributed by atoms with E-state index in [9.17, 15) is 4.39 Å². The highest BCUT2D eigenvalue weighted by molar-refractivity contribution is 14.1. The van der Waals surface area contributed by atoms with Crippen LogP contribution in [0.1, 0.15) is 0 Å². The molecule has 3 nitrogen and oxygen atoms in total. The van der Waals surface area contributed by atoms with Gasteiger partial charge in [0.15, 0.2) is 5.82 Å². The van der Waals surface area contributed by atoms with Gasteiger partial charge in [0.1, 0.15) is 9.52 Å². The van der Waals surface area contributed by atoms with Crippen molar-refractivity contribution in [3.05, 3.63) is 39.1 Å². The average Bonchev–Trinajstić information content (AvgIpc) is 2.48. The maximum atomic E-state index is 12.6. The molecule has 0 aliphatic carbocycles. The second kappa shape index (κ2) is 3.82. The molecule has 2 aromatic heterocycles. The molecule has 0 bridgehead atoms. The minimum atomic E-state index is -0.373. The SMILES string of the molecule is Fc1ccc(-n2cc(Cl)c(I)n2)nc1. The minimum Gasteiger partial charge on any atom is -0.234 e. The van der Waals surface area contributed by atoms with E-state index < -0.39 is 0 Å². The number of halogens is 3. The summed E-state index contributed by atoms with van der Waals surface area (Å²) in [5.41, 5.74) is 0. The van der Waals surface area contributed by atoms with Crippen molar-refractivity contribution in [2.24, 2.45) is 0 Å². The van der Waals surface area contributed by atoms with Gasteiger partial charge in [0.05, 0.1) is 17.4 Å². The average molecular weight is 323 g/mol. The standard InChI is InChI=1S/C8H4ClFIN3/c9-6-4-14(13-8(6)11)7-2-1-5(10)3-12-7/h1-4H. The zero-order chi connectivity index (χ0) is 10.1. The van der Waals surface area contributed by atoms with E-state index in [1.54, 1.807) is 6.20 Å². The molecular weight excluding hydrogens is 319 g/mol. The van der Waals surface area contributed by atoms with Crippen LogP contribution in [-0.4, -0.2) is 14.8 Å². The van der Waals surface area contributed by atoms with Crippen molar-refractivity contribution in [1.29, 1.82) is 0 Å². The van der Waals surface area contributed by atoms with Crippen molar-refractivity contribution in [3.63, 3.8) is 0 Å². The Labute approximate surface area is 98.0 Å². The molecule has 14 heavy (non-hydrogen) atoms. The first-order chi connectivity index (χ1) is 6.66. The summed E-state index contributed by atoms with van der Waals surface area (Å²) in [7, 11) is 0. The Morgan fingerprint density at radius 3 is 2.71 bits per heavy atom. The van der Waals surface area contributed by atoms with Crippen LogP contribution in [0.15, 0.2) is 24.5 Å². The molecule has 0 aliphatic heterocycles. The maximum absolute atomic E-state index is 12.6. The molecule has 2 aromatic rings. The highest BCUT2D eigenvalue weighted by atomic mass is 127. The fourth-order valence-electron chi connectivity index (χ4n) is 0.953. The van der Waals surface area contributed by atoms with Crippen LogP contribution in [-0.2, 0) is 0 Å². The highest BCUT2D eigenvalue weighted by Crippen LogP contribution is 2.17. The predicted molar refractivity (Wildman–Crippen MR) is 59.0 cm³/mol. The van der Waals surface area contributed by atoms with Crippen LogP contribution >= 0.6 is 34.2 Å². The summed E-state index contributed by atoms with van der Waals surface area (Å²) < 4.78 is 14.8. The maximum Gasteiger partial charge on any atom is 0.153 e. The molecule has 0 amide bonds. The molecule has 2 heterocycles. The van der Waals surface area contributed by atoms with Crippen molar-refractivity contribution in [2.45, 2.75) is 0 Å². The van der Waals surface area contributed by atoms with Gasteiger partial charge in [-0.1, -0.05) is 11.6 Å². The Kier molecular flexibility index (Phi) is 2.69. The van der Waals surface area contributed by atoms with Gasteiger partial charge < -0.3 is 0 Å². The summed E-state index contributed by atoms with van der Waals surface area (Å²) in [6.07, 6.45) is 2.77. The lowest BCUT2D eigenvalue weighted by molar-refractivity contribution is 0.619. The highest BCUT2D eigenvalue weighted by Gasteiger charge is 2.05. The van der Waals surface area contributed by atoms with Crippen LogP contribution < -0.4 is 0 Å². The fourth-order valence-corrected chi connectivity index (χ4v) is 1.45. The van der Waals surface area contributed by atoms with Crippen LogP contribution in [0.25, 0.3) is 5.82 Å². The number of hydrogen-bond acceptors (Lipinski definition) is 2. The molecule has 0 radical (unpaired) electrons. The molecule has 2 rings (SSSR count). The van der Waals surface area contributed by atoms with E-state index in [1.165, 1.54) is 16.8 Å². The van der Waals surface area contributed by atoms with E-state index >= 15 is 0 Å². The topological polar surface area (TPSA) is 30.7 Å². The zero-order valence-electron chi connectivity index (χ0n) is 6.78. The molecule has 0 aromatic carbocycles. The summed E-state index contributed by atoms with van der Waals surface area (Å²) in [4.78, 5) is 3.87. The Morgan fingerprint density at radius 1 is 1.43 bits per heavy atom. The summed E-state index contributed by atoms with van der Waals surface area (Å²) in [5.74, 6) is 0.165. The van der Waals surface area contributed by atoms with Crippen LogP contribution in [0, 0.1) is 9.52 Å². The van der Waals surface area contributed by atoms with Gasteiger partial charge in [-0.25, -0.2) is 14.1 Å². The number of aromatic nitrogens is 3. The summed E-state index contributed by atoms with van der Waals surface area (Å²) >= 11 is 7.83. The third-order valence-electron chi connectivity index (χ3n) is 1.57. The smallest absolute Gasteiger partial charge is 0.153 e. The first kappa shape index (κ1) is 9.85. The Bertz CT molecular complexity index is 435. The van der Waals surface area contributed by atoms with Gasteiger partial charge in [-0.05, 0) is 34.7 Å². The third kappa shape index (κ3) is 1.88. The lowest BCUT2D eigenvalue weighted by atomic mass is 10.4. The van der Waals surface area contributed by atoms with Gasteiger partial charge in [-0.2, -0.15) is 5.10 Å². The Hall–Kier alpha value is -0.690. The van der Waals surface area contributed by atoms with Crippen molar-refractivity contribution in [2.75, 3.05) is 0 Å². The molecular formula is C8H4ClFIN3. The third-order valence-corrected chi connectivity index (χ3v) is 2.97. The minimum absolute atomic E-state index is 0.373. The Balaban J connectivity index is 2.44. The van der Waals surface area contributed by atoms with Crippen LogP contribution in [0.5, 0.6) is 0 Å². The monoisotopic (exact) mass is 323 g/mol. The quantitative estimate of drug-likeness (QED) is 0.756. The van der Waals surface area contributed by atoms with E-state index in [-0.39, 0.29) is 5.82 Å². The van der Waals surface area contributed by atoms with Crippen molar-refractivity contribution >= 4 is 34.2 Å². The second-order valence-electron chi connectivity index (χ2n) is 2.55. The number of hydrogen-bond donors (Lipinski definition) is 0. The number of rotatable bonds is 1. The van der Waals surface area contributed by atoms with Crippen LogP contribution in [0.2, 0.25) is 5.02 Å². The van der Waals surface area contributed by atoms with Crippen molar-refractivity contribution < 1.29 is 4.39 Å². The summed E-state index contributed by atoms with van der Waals surface area (Å²) in [6, 6.07) is 2.86. The first-order valence-electron chi connectivity index (χ1n) is 3.69. The van der Waals surface area contributed by atoms with Gasteiger partial charge in [0.2, 0.25) is 0 Å². The first-order valence-corrected chi connectivity index (χ1v) is 5.15. The molecule has 0 aliphatic rings. The predicted octanol–water partition coefficient (Wildman–Crippen LogP) is 2.66. The lowest BCUT2D eigenvalue weighted by Crippen LogP contribution is -1.97. The number of nitrogens with zero attached hydrogens (tertiary/aromatic N) is 3. The summed E-state index contributed by atoms with van der Waals surface area (Å²) in [5, 5.41) is 4.65. The van der Waals surface area contributed by atoms with Gasteiger partial charge in [0, 0.05) is 0 Å². The Morgan fingerprint density at radius 2 is 2.21 bits per heavy atom. The van der Waals surface area contributed by atoms with Gasteiger partial charge in [0.25, 0.3) is 0 Å².